The second-order valence-electron chi connectivity index (χ2n) is 7.97. The van der Waals surface area contributed by atoms with Crippen molar-refractivity contribution in [3.63, 3.8) is 0 Å². The van der Waals surface area contributed by atoms with E-state index in [1.165, 1.54) is 35.9 Å². The molecule has 0 atom stereocenters. The molecule has 1 aliphatic carbocycles. The Morgan fingerprint density at radius 1 is 1.09 bits per heavy atom. The van der Waals surface area contributed by atoms with E-state index in [1.54, 1.807) is 23.5 Å². The van der Waals surface area contributed by atoms with E-state index in [1.807, 2.05) is 25.1 Å². The molecule has 1 fully saturated rings. The van der Waals surface area contributed by atoms with E-state index in [0.717, 1.165) is 35.8 Å². The number of hydrogen-bond donors (Lipinski definition) is 2. The van der Waals surface area contributed by atoms with Crippen molar-refractivity contribution < 1.29 is 9.59 Å². The van der Waals surface area contributed by atoms with Gasteiger partial charge < -0.3 is 4.57 Å². The monoisotopic (exact) mass is 469 g/mol. The summed E-state index contributed by atoms with van der Waals surface area (Å²) in [6, 6.07) is 11.7. The van der Waals surface area contributed by atoms with Crippen LogP contribution >= 0.6 is 23.1 Å². The maximum atomic E-state index is 12.4. The number of thiophene rings is 1. The van der Waals surface area contributed by atoms with Gasteiger partial charge in [-0.1, -0.05) is 54.8 Å². The number of carbonyl (C=O) groups excluding carboxylic acids is 2. The number of amides is 2. The summed E-state index contributed by atoms with van der Waals surface area (Å²) in [7, 11) is 0. The van der Waals surface area contributed by atoms with Crippen LogP contribution in [-0.2, 0) is 11.2 Å². The molecule has 3 aromatic rings. The molecule has 0 saturated heterocycles. The molecule has 0 radical (unpaired) electrons. The molecule has 0 aliphatic heterocycles. The van der Waals surface area contributed by atoms with Gasteiger partial charge in [-0.05, 0) is 43.3 Å². The molecule has 2 N–H and O–H groups in total. The number of thioether (sulfide) groups is 1. The van der Waals surface area contributed by atoms with Gasteiger partial charge in [0.2, 0.25) is 5.91 Å². The van der Waals surface area contributed by atoms with Crippen LogP contribution in [0.5, 0.6) is 0 Å². The van der Waals surface area contributed by atoms with E-state index >= 15 is 0 Å². The highest BCUT2D eigenvalue weighted by atomic mass is 32.2. The zero-order valence-corrected chi connectivity index (χ0v) is 19.7. The predicted octanol–water partition coefficient (Wildman–Crippen LogP) is 4.30. The van der Waals surface area contributed by atoms with Crippen LogP contribution in [-0.4, -0.2) is 32.3 Å². The molecule has 1 aliphatic rings. The second kappa shape index (κ2) is 10.8. The van der Waals surface area contributed by atoms with E-state index in [4.69, 9.17) is 0 Å². The quantitative estimate of drug-likeness (QED) is 0.398. The summed E-state index contributed by atoms with van der Waals surface area (Å²) in [4.78, 5) is 25.8. The summed E-state index contributed by atoms with van der Waals surface area (Å²) in [6.45, 7) is 1.96. The fraction of sp³-hybridized carbons (Fsp3) is 0.391. The topological polar surface area (TPSA) is 88.9 Å². The van der Waals surface area contributed by atoms with Gasteiger partial charge in [-0.2, -0.15) is 0 Å². The number of carbonyl (C=O) groups is 2. The maximum absolute atomic E-state index is 12.4. The Balaban J connectivity index is 1.37. The number of nitrogens with one attached hydrogen (secondary N) is 2. The standard InChI is InChI=1S/C23H27N5O2S2/c1-16-9-11-17(12-10-16)22(30)26-25-21(29)15-32-23-27-24-20(14-19-8-5-13-31-19)28(23)18-6-3-2-4-7-18/h5,8-13,18H,2-4,6-7,14-15H2,1H3,(H,25,29)(H,26,30). The minimum atomic E-state index is -0.341. The van der Waals surface area contributed by atoms with Crippen LogP contribution in [0.4, 0.5) is 0 Å². The third-order valence-corrected chi connectivity index (χ3v) is 7.37. The summed E-state index contributed by atoms with van der Waals surface area (Å²) in [5, 5.41) is 11.7. The van der Waals surface area contributed by atoms with Crippen molar-refractivity contribution in [1.82, 2.24) is 25.6 Å². The van der Waals surface area contributed by atoms with Crippen LogP contribution in [0.2, 0.25) is 0 Å². The van der Waals surface area contributed by atoms with Gasteiger partial charge in [-0.15, -0.1) is 21.5 Å². The molecule has 2 aromatic heterocycles. The summed E-state index contributed by atoms with van der Waals surface area (Å²) >= 11 is 3.08. The van der Waals surface area contributed by atoms with Crippen LogP contribution in [0.1, 0.15) is 64.8 Å². The summed E-state index contributed by atoms with van der Waals surface area (Å²) in [5.41, 5.74) is 6.54. The van der Waals surface area contributed by atoms with Gasteiger partial charge in [0, 0.05) is 22.9 Å². The molecule has 2 amide bonds. The van der Waals surface area contributed by atoms with Crippen molar-refractivity contribution in [3.8, 4) is 0 Å². The van der Waals surface area contributed by atoms with Crippen LogP contribution in [0.15, 0.2) is 46.9 Å². The third-order valence-electron chi connectivity index (χ3n) is 5.55. The van der Waals surface area contributed by atoms with Crippen molar-refractivity contribution in [2.24, 2.45) is 0 Å². The van der Waals surface area contributed by atoms with Gasteiger partial charge in [0.05, 0.1) is 5.75 Å². The van der Waals surface area contributed by atoms with E-state index in [9.17, 15) is 9.59 Å². The highest BCUT2D eigenvalue weighted by molar-refractivity contribution is 7.99. The van der Waals surface area contributed by atoms with E-state index in [-0.39, 0.29) is 17.6 Å². The molecule has 2 heterocycles. The van der Waals surface area contributed by atoms with Crippen LogP contribution < -0.4 is 10.9 Å². The molecular formula is C23H27N5O2S2. The first-order valence-electron chi connectivity index (χ1n) is 10.8. The molecule has 9 heteroatoms. The van der Waals surface area contributed by atoms with Crippen molar-refractivity contribution in [2.75, 3.05) is 5.75 Å². The van der Waals surface area contributed by atoms with E-state index in [0.29, 0.717) is 11.6 Å². The van der Waals surface area contributed by atoms with Crippen LogP contribution in [0.3, 0.4) is 0 Å². The molecule has 0 unspecified atom stereocenters. The SMILES string of the molecule is Cc1ccc(C(=O)NNC(=O)CSc2nnc(Cc3cccs3)n2C2CCCCC2)cc1. The molecule has 32 heavy (non-hydrogen) atoms. The van der Waals surface area contributed by atoms with Gasteiger partial charge in [0.15, 0.2) is 5.16 Å². The molecule has 1 saturated carbocycles. The molecule has 1 aromatic carbocycles. The minimum Gasteiger partial charge on any atom is -0.303 e. The fourth-order valence-electron chi connectivity index (χ4n) is 3.87. The van der Waals surface area contributed by atoms with Crippen molar-refractivity contribution >= 4 is 34.9 Å². The maximum Gasteiger partial charge on any atom is 0.269 e. The van der Waals surface area contributed by atoms with E-state index in [2.05, 4.69) is 37.1 Å². The normalized spacial score (nSPS) is 14.3. The Morgan fingerprint density at radius 3 is 2.59 bits per heavy atom. The zero-order chi connectivity index (χ0) is 22.3. The largest absolute Gasteiger partial charge is 0.303 e. The lowest BCUT2D eigenvalue weighted by molar-refractivity contribution is -0.119. The zero-order valence-electron chi connectivity index (χ0n) is 18.0. The number of hydrogen-bond acceptors (Lipinski definition) is 6. The smallest absolute Gasteiger partial charge is 0.269 e. The third kappa shape index (κ3) is 5.77. The number of aromatic nitrogens is 3. The van der Waals surface area contributed by atoms with Gasteiger partial charge in [0.1, 0.15) is 5.82 Å². The minimum absolute atomic E-state index is 0.151. The number of benzene rings is 1. The Bertz CT molecular complexity index is 1040. The van der Waals surface area contributed by atoms with Crippen LogP contribution in [0.25, 0.3) is 0 Å². The van der Waals surface area contributed by atoms with Gasteiger partial charge in [0.25, 0.3) is 5.91 Å². The lowest BCUT2D eigenvalue weighted by Gasteiger charge is -2.25. The average Bonchev–Trinajstić information content (AvgIpc) is 3.47. The number of hydrazine groups is 1. The highest BCUT2D eigenvalue weighted by Gasteiger charge is 2.24. The first-order valence-corrected chi connectivity index (χ1v) is 12.7. The fourth-order valence-corrected chi connectivity index (χ4v) is 5.40. The summed E-state index contributed by atoms with van der Waals surface area (Å²) in [5.74, 6) is 0.480. The molecule has 4 rings (SSSR count). The molecule has 168 valence electrons. The molecular weight excluding hydrogens is 442 g/mol. The van der Waals surface area contributed by atoms with Gasteiger partial charge >= 0.3 is 0 Å². The summed E-state index contributed by atoms with van der Waals surface area (Å²) < 4.78 is 2.24. The molecule has 0 spiro atoms. The first kappa shape index (κ1) is 22.5. The number of aryl methyl sites for hydroxylation is 1. The molecule has 0 bridgehead atoms. The van der Waals surface area contributed by atoms with Crippen molar-refractivity contribution in [3.05, 3.63) is 63.6 Å². The predicted molar refractivity (Wildman–Crippen MR) is 127 cm³/mol. The Labute approximate surface area is 196 Å². The highest BCUT2D eigenvalue weighted by Crippen LogP contribution is 2.33. The lowest BCUT2D eigenvalue weighted by atomic mass is 9.95. The second-order valence-corrected chi connectivity index (χ2v) is 9.95. The number of rotatable bonds is 7. The Morgan fingerprint density at radius 2 is 1.88 bits per heavy atom. The average molecular weight is 470 g/mol. The van der Waals surface area contributed by atoms with Crippen molar-refractivity contribution in [2.45, 2.75) is 56.6 Å². The number of nitrogens with zero attached hydrogens (tertiary/aromatic N) is 3. The Kier molecular flexibility index (Phi) is 7.59. The molecule has 7 nitrogen and oxygen atoms in total. The van der Waals surface area contributed by atoms with Gasteiger partial charge in [-0.25, -0.2) is 0 Å². The van der Waals surface area contributed by atoms with E-state index < -0.39 is 0 Å². The first-order chi connectivity index (χ1) is 15.6. The van der Waals surface area contributed by atoms with Crippen LogP contribution in [0, 0.1) is 6.92 Å². The van der Waals surface area contributed by atoms with Crippen molar-refractivity contribution in [1.29, 1.82) is 0 Å². The lowest BCUT2D eigenvalue weighted by Crippen LogP contribution is -2.42. The summed E-state index contributed by atoms with van der Waals surface area (Å²) in [6.07, 6.45) is 6.66. The van der Waals surface area contributed by atoms with Gasteiger partial charge in [-0.3, -0.25) is 20.4 Å². The Hall–Kier alpha value is -2.65.